The third kappa shape index (κ3) is 3.17. The Morgan fingerprint density at radius 2 is 1.79 bits per heavy atom. The van der Waals surface area contributed by atoms with Crippen molar-refractivity contribution >= 4 is 20.2 Å². The number of hydrogen-bond acceptors (Lipinski definition) is 2. The van der Waals surface area contributed by atoms with Crippen LogP contribution in [-0.2, 0) is 4.74 Å². The fourth-order valence-corrected chi connectivity index (χ4v) is 1.70. The summed E-state index contributed by atoms with van der Waals surface area (Å²) < 4.78 is 11.4. The van der Waals surface area contributed by atoms with Crippen molar-refractivity contribution in [2.75, 3.05) is 7.11 Å². The van der Waals surface area contributed by atoms with E-state index in [9.17, 15) is 0 Å². The Kier molecular flexibility index (Phi) is 4.18. The SMILES string of the molecule is COc1ccc(C(=[Se])OC(C)C)cc1. The molecular formula is C11H14O2Se. The molecule has 0 aliphatic rings. The predicted octanol–water partition coefficient (Wildman–Crippen LogP) is 1.77. The quantitative estimate of drug-likeness (QED) is 0.765. The average molecular weight is 257 g/mol. The first-order valence-electron chi connectivity index (χ1n) is 4.48. The molecule has 3 heteroatoms. The van der Waals surface area contributed by atoms with Gasteiger partial charge in [-0.2, -0.15) is 0 Å². The van der Waals surface area contributed by atoms with Crippen molar-refractivity contribution in [1.29, 1.82) is 0 Å². The van der Waals surface area contributed by atoms with Crippen molar-refractivity contribution in [1.82, 2.24) is 0 Å². The van der Waals surface area contributed by atoms with Crippen LogP contribution < -0.4 is 4.74 Å². The topological polar surface area (TPSA) is 18.5 Å². The van der Waals surface area contributed by atoms with Gasteiger partial charge in [0, 0.05) is 0 Å². The van der Waals surface area contributed by atoms with E-state index in [0.717, 1.165) is 15.9 Å². The first-order chi connectivity index (χ1) is 6.63. The fourth-order valence-electron chi connectivity index (χ4n) is 1.01. The molecule has 76 valence electrons. The summed E-state index contributed by atoms with van der Waals surface area (Å²) in [6.07, 6.45) is 0.188. The van der Waals surface area contributed by atoms with Crippen LogP contribution in [-0.4, -0.2) is 33.4 Å². The Morgan fingerprint density at radius 1 is 1.21 bits per heavy atom. The number of benzene rings is 1. The van der Waals surface area contributed by atoms with Gasteiger partial charge in [0.25, 0.3) is 0 Å². The van der Waals surface area contributed by atoms with Gasteiger partial charge in [0.05, 0.1) is 0 Å². The average Bonchev–Trinajstić information content (AvgIpc) is 2.17. The van der Waals surface area contributed by atoms with Gasteiger partial charge in [-0.25, -0.2) is 0 Å². The molecule has 2 nitrogen and oxygen atoms in total. The molecule has 0 amide bonds. The molecule has 0 atom stereocenters. The Balaban J connectivity index is 2.71. The van der Waals surface area contributed by atoms with Crippen molar-refractivity contribution in [2.45, 2.75) is 20.0 Å². The second-order valence-corrected chi connectivity index (χ2v) is 3.96. The van der Waals surface area contributed by atoms with E-state index in [0.29, 0.717) is 0 Å². The van der Waals surface area contributed by atoms with E-state index in [1.165, 1.54) is 0 Å². The molecule has 0 saturated heterocycles. The first-order valence-corrected chi connectivity index (χ1v) is 5.34. The summed E-state index contributed by atoms with van der Waals surface area (Å²) in [5.41, 5.74) is 1.04. The van der Waals surface area contributed by atoms with E-state index in [4.69, 9.17) is 9.47 Å². The second kappa shape index (κ2) is 5.18. The van der Waals surface area contributed by atoms with E-state index < -0.39 is 0 Å². The van der Waals surface area contributed by atoms with E-state index in [-0.39, 0.29) is 6.10 Å². The molecule has 0 aliphatic carbocycles. The predicted molar refractivity (Wildman–Crippen MR) is 59.1 cm³/mol. The molecule has 1 aromatic rings. The molecule has 1 aromatic carbocycles. The maximum absolute atomic E-state index is 5.53. The van der Waals surface area contributed by atoms with E-state index in [1.54, 1.807) is 7.11 Å². The van der Waals surface area contributed by atoms with Gasteiger partial charge in [-0.15, -0.1) is 0 Å². The number of methoxy groups -OCH3 is 1. The summed E-state index contributed by atoms with van der Waals surface area (Å²) in [5, 5.41) is 0. The Hall–Kier alpha value is -0.791. The molecule has 0 heterocycles. The van der Waals surface area contributed by atoms with Crippen LogP contribution in [0.1, 0.15) is 19.4 Å². The van der Waals surface area contributed by atoms with Crippen LogP contribution in [0.2, 0.25) is 0 Å². The summed E-state index contributed by atoms with van der Waals surface area (Å²) in [5.74, 6) is 0.853. The Labute approximate surface area is 92.6 Å². The van der Waals surface area contributed by atoms with Crippen LogP contribution in [0.25, 0.3) is 0 Å². The van der Waals surface area contributed by atoms with Gasteiger partial charge in [-0.05, 0) is 0 Å². The normalized spacial score (nSPS) is 10.0. The molecule has 0 saturated carbocycles. The summed E-state index contributed by atoms with van der Waals surface area (Å²) in [4.78, 5) is 0. The van der Waals surface area contributed by atoms with Crippen LogP contribution in [0.5, 0.6) is 5.75 Å². The van der Waals surface area contributed by atoms with Gasteiger partial charge in [0.1, 0.15) is 0 Å². The Bertz CT molecular complexity index is 304. The zero-order valence-corrected chi connectivity index (χ0v) is 10.3. The van der Waals surface area contributed by atoms with Crippen LogP contribution >= 0.6 is 0 Å². The Morgan fingerprint density at radius 3 is 2.21 bits per heavy atom. The van der Waals surface area contributed by atoms with E-state index >= 15 is 0 Å². The van der Waals surface area contributed by atoms with Gasteiger partial charge in [0.2, 0.25) is 0 Å². The standard InChI is InChI=1S/C11H14O2Se/c1-8(2)13-11(14)9-4-6-10(12-3)7-5-9/h4-8H,1-3H3. The van der Waals surface area contributed by atoms with E-state index in [1.807, 2.05) is 38.1 Å². The van der Waals surface area contributed by atoms with Gasteiger partial charge in [0.15, 0.2) is 0 Å². The van der Waals surface area contributed by atoms with Crippen molar-refractivity contribution in [3.05, 3.63) is 29.8 Å². The van der Waals surface area contributed by atoms with Crippen molar-refractivity contribution in [2.24, 2.45) is 0 Å². The van der Waals surface area contributed by atoms with Gasteiger partial charge in [-0.3, -0.25) is 0 Å². The fraction of sp³-hybridized carbons (Fsp3) is 0.364. The van der Waals surface area contributed by atoms with Crippen molar-refractivity contribution < 1.29 is 9.47 Å². The summed E-state index contributed by atoms with van der Waals surface area (Å²) in [6, 6.07) is 7.76. The van der Waals surface area contributed by atoms with Crippen LogP contribution in [0.3, 0.4) is 0 Å². The van der Waals surface area contributed by atoms with Gasteiger partial charge in [-0.1, -0.05) is 0 Å². The summed E-state index contributed by atoms with van der Waals surface area (Å²) in [7, 11) is 1.66. The molecule has 0 bridgehead atoms. The van der Waals surface area contributed by atoms with Gasteiger partial charge < -0.3 is 0 Å². The zero-order chi connectivity index (χ0) is 10.6. The molecule has 0 unspecified atom stereocenters. The summed E-state index contributed by atoms with van der Waals surface area (Å²) in [6.45, 7) is 4.00. The maximum atomic E-state index is 5.53. The van der Waals surface area contributed by atoms with Crippen LogP contribution in [0, 0.1) is 0 Å². The first kappa shape index (κ1) is 11.3. The molecule has 0 fully saturated rings. The molecule has 14 heavy (non-hydrogen) atoms. The van der Waals surface area contributed by atoms with Crippen LogP contribution in [0.4, 0.5) is 0 Å². The number of rotatable bonds is 4. The third-order valence-corrected chi connectivity index (χ3v) is 2.36. The van der Waals surface area contributed by atoms with Crippen molar-refractivity contribution in [3.63, 3.8) is 0 Å². The second-order valence-electron chi connectivity index (χ2n) is 3.18. The molecule has 0 aliphatic heterocycles. The monoisotopic (exact) mass is 258 g/mol. The molecule has 0 radical (unpaired) electrons. The third-order valence-electron chi connectivity index (χ3n) is 1.67. The molecular weight excluding hydrogens is 243 g/mol. The number of ether oxygens (including phenoxy) is 2. The number of hydrogen-bond donors (Lipinski definition) is 0. The summed E-state index contributed by atoms with van der Waals surface area (Å²) >= 11 is 2.92. The van der Waals surface area contributed by atoms with Crippen molar-refractivity contribution in [3.8, 4) is 5.75 Å². The molecule has 0 N–H and O–H groups in total. The van der Waals surface area contributed by atoms with E-state index in [2.05, 4.69) is 15.6 Å². The molecule has 0 spiro atoms. The minimum absolute atomic E-state index is 0.188. The molecule has 0 aromatic heterocycles. The molecule has 1 rings (SSSR count). The van der Waals surface area contributed by atoms with Gasteiger partial charge >= 0.3 is 92.3 Å². The minimum atomic E-state index is 0.188. The zero-order valence-electron chi connectivity index (χ0n) is 8.61. The van der Waals surface area contributed by atoms with Crippen LogP contribution in [0.15, 0.2) is 24.3 Å².